The van der Waals surface area contributed by atoms with Gasteiger partial charge in [-0.25, -0.2) is 0 Å². The second kappa shape index (κ2) is 5.09. The fraction of sp³-hybridized carbons (Fsp3) is 0.500. The first kappa shape index (κ1) is 11.4. The Balaban J connectivity index is 4.02. The minimum atomic E-state index is -1.70. The summed E-state index contributed by atoms with van der Waals surface area (Å²) in [5.41, 5.74) is 0. The van der Waals surface area contributed by atoms with Crippen LogP contribution in [-0.4, -0.2) is 30.5 Å². The van der Waals surface area contributed by atoms with E-state index in [-0.39, 0.29) is 0 Å². The normalized spacial score (nSPS) is 12.0. The summed E-state index contributed by atoms with van der Waals surface area (Å²) in [5, 5.41) is 31.9. The molecule has 7 heteroatoms. The lowest BCUT2D eigenvalue weighted by Crippen LogP contribution is -2.51. The molecule has 0 rings (SSSR count). The highest BCUT2D eigenvalue weighted by Gasteiger charge is 2.08. The van der Waals surface area contributed by atoms with Crippen molar-refractivity contribution in [1.29, 1.82) is 0 Å². The van der Waals surface area contributed by atoms with Crippen LogP contribution in [0.3, 0.4) is 0 Å². The van der Waals surface area contributed by atoms with Crippen LogP contribution in [0.5, 0.6) is 0 Å². The van der Waals surface area contributed by atoms with E-state index in [9.17, 15) is 29.7 Å². The quantitative estimate of drug-likeness (QED) is 0.439. The van der Waals surface area contributed by atoms with Crippen molar-refractivity contribution in [3.63, 3.8) is 0 Å². The molecule has 74 valence electrons. The van der Waals surface area contributed by atoms with E-state index in [1.165, 1.54) is 0 Å². The van der Waals surface area contributed by atoms with Gasteiger partial charge in [0.05, 0.1) is 18.0 Å². The summed E-state index contributed by atoms with van der Waals surface area (Å²) in [4.78, 5) is 30.0. The zero-order valence-corrected chi connectivity index (χ0v) is 6.44. The maximum Gasteiger partial charge on any atom is 0.0588 e. The third kappa shape index (κ3) is 5.62. The third-order valence-electron chi connectivity index (χ3n) is 1.15. The van der Waals surface area contributed by atoms with E-state index in [0.29, 0.717) is 0 Å². The Hall–Kier alpha value is -1.63. The summed E-state index contributed by atoms with van der Waals surface area (Å²) in [6, 6.07) is -1.58. The molecule has 0 aliphatic rings. The van der Waals surface area contributed by atoms with Crippen molar-refractivity contribution in [3.8, 4) is 0 Å². The molecule has 1 unspecified atom stereocenters. The van der Waals surface area contributed by atoms with Gasteiger partial charge in [0.2, 0.25) is 0 Å². The van der Waals surface area contributed by atoms with Crippen LogP contribution in [0.15, 0.2) is 0 Å². The summed E-state index contributed by atoms with van der Waals surface area (Å²) >= 11 is 0. The minimum absolute atomic E-state index is 0.758. The predicted molar refractivity (Wildman–Crippen MR) is 31.4 cm³/mol. The number of hydrogen-bond acceptors (Lipinski definition) is 7. The highest BCUT2D eigenvalue weighted by atomic mass is 16.4. The molecule has 0 heterocycles. The zero-order valence-electron chi connectivity index (χ0n) is 6.44. The average Bonchev–Trinajstić information content (AvgIpc) is 1.96. The smallest absolute Gasteiger partial charge is 0.0588 e. The second-order valence-electron chi connectivity index (χ2n) is 2.20. The standard InChI is InChI=1S/C6H9NO6/c8-4(9)1-3(6(12)13)7-2-5(10)11/h3,7H,1-2H2,(H,8,9)(H,10,11)(H,12,13)/p-3. The third-order valence-corrected chi connectivity index (χ3v) is 1.15. The SMILES string of the molecule is O=C([O-])CNC(CC(=O)[O-])C(=O)[O-]. The number of rotatable bonds is 6. The molecule has 0 radical (unpaired) electrons. The van der Waals surface area contributed by atoms with Crippen molar-refractivity contribution in [2.75, 3.05) is 6.54 Å². The van der Waals surface area contributed by atoms with Gasteiger partial charge < -0.3 is 35.0 Å². The summed E-state index contributed by atoms with van der Waals surface area (Å²) < 4.78 is 0. The maximum atomic E-state index is 10.2. The topological polar surface area (TPSA) is 132 Å². The number of nitrogens with one attached hydrogen (secondary N) is 1. The summed E-state index contributed by atoms with van der Waals surface area (Å²) in [6.45, 7) is -0.758. The average molecular weight is 188 g/mol. The first-order chi connectivity index (χ1) is 5.93. The molecule has 13 heavy (non-hydrogen) atoms. The van der Waals surface area contributed by atoms with Crippen molar-refractivity contribution >= 4 is 17.9 Å². The Morgan fingerprint density at radius 1 is 1.08 bits per heavy atom. The van der Waals surface area contributed by atoms with Crippen LogP contribution in [0.4, 0.5) is 0 Å². The minimum Gasteiger partial charge on any atom is -0.550 e. The predicted octanol–water partition coefficient (Wildman–Crippen LogP) is -5.42. The molecule has 0 amide bonds. The van der Waals surface area contributed by atoms with Crippen molar-refractivity contribution in [1.82, 2.24) is 5.32 Å². The molecule has 0 aliphatic heterocycles. The number of carboxylic acid groups (broad SMARTS) is 3. The maximum absolute atomic E-state index is 10.2. The molecule has 0 saturated heterocycles. The lowest BCUT2D eigenvalue weighted by molar-refractivity contribution is -0.318. The van der Waals surface area contributed by atoms with Gasteiger partial charge in [0, 0.05) is 18.9 Å². The van der Waals surface area contributed by atoms with E-state index in [1.807, 2.05) is 5.32 Å². The monoisotopic (exact) mass is 188 g/mol. The van der Waals surface area contributed by atoms with E-state index < -0.39 is 36.9 Å². The highest BCUT2D eigenvalue weighted by Crippen LogP contribution is 1.87. The lowest BCUT2D eigenvalue weighted by atomic mass is 10.2. The second-order valence-corrected chi connectivity index (χ2v) is 2.20. The molecule has 0 aromatic heterocycles. The van der Waals surface area contributed by atoms with Crippen molar-refractivity contribution < 1.29 is 29.7 Å². The van der Waals surface area contributed by atoms with Crippen LogP contribution in [0, 0.1) is 0 Å². The largest absolute Gasteiger partial charge is 0.550 e. The molecule has 0 spiro atoms. The molecule has 1 N–H and O–H groups in total. The van der Waals surface area contributed by atoms with E-state index in [1.54, 1.807) is 0 Å². The molecule has 0 aliphatic carbocycles. The Bertz CT molecular complexity index is 225. The van der Waals surface area contributed by atoms with Gasteiger partial charge in [-0.05, 0) is 0 Å². The molecule has 0 aromatic carbocycles. The van der Waals surface area contributed by atoms with Crippen molar-refractivity contribution in [3.05, 3.63) is 0 Å². The van der Waals surface area contributed by atoms with E-state index in [4.69, 9.17) is 0 Å². The number of aliphatic carboxylic acids is 3. The van der Waals surface area contributed by atoms with Gasteiger partial charge in [-0.1, -0.05) is 0 Å². The molecular formula is C6H6NO6-3. The van der Waals surface area contributed by atoms with Crippen LogP contribution in [-0.2, 0) is 14.4 Å². The van der Waals surface area contributed by atoms with E-state index in [2.05, 4.69) is 0 Å². The van der Waals surface area contributed by atoms with Gasteiger partial charge in [0.15, 0.2) is 0 Å². The number of hydrogen-bond donors (Lipinski definition) is 1. The first-order valence-electron chi connectivity index (χ1n) is 3.27. The number of carboxylic acids is 3. The van der Waals surface area contributed by atoms with Gasteiger partial charge in [0.25, 0.3) is 0 Å². The summed E-state index contributed by atoms with van der Waals surface area (Å²) in [6.07, 6.45) is -0.852. The fourth-order valence-corrected chi connectivity index (χ4v) is 0.612. The van der Waals surface area contributed by atoms with E-state index >= 15 is 0 Å². The number of carbonyl (C=O) groups is 3. The Labute approximate surface area is 73.0 Å². The summed E-state index contributed by atoms with van der Waals surface area (Å²) in [7, 11) is 0. The molecule has 7 nitrogen and oxygen atoms in total. The molecule has 1 atom stereocenters. The van der Waals surface area contributed by atoms with Crippen LogP contribution >= 0.6 is 0 Å². The molecule has 0 bridgehead atoms. The Kier molecular flexibility index (Phi) is 4.45. The van der Waals surface area contributed by atoms with Gasteiger partial charge in [-0.15, -0.1) is 0 Å². The summed E-state index contributed by atoms with van der Waals surface area (Å²) in [5.74, 6) is -4.85. The van der Waals surface area contributed by atoms with Gasteiger partial charge in [-0.3, -0.25) is 0 Å². The Morgan fingerprint density at radius 2 is 1.62 bits per heavy atom. The zero-order chi connectivity index (χ0) is 10.4. The van der Waals surface area contributed by atoms with Crippen LogP contribution in [0.25, 0.3) is 0 Å². The molecule has 0 saturated carbocycles. The van der Waals surface area contributed by atoms with Crippen molar-refractivity contribution in [2.24, 2.45) is 0 Å². The van der Waals surface area contributed by atoms with Crippen LogP contribution in [0.2, 0.25) is 0 Å². The van der Waals surface area contributed by atoms with Gasteiger partial charge in [-0.2, -0.15) is 0 Å². The lowest BCUT2D eigenvalue weighted by Gasteiger charge is -2.20. The molecular weight excluding hydrogens is 182 g/mol. The van der Waals surface area contributed by atoms with E-state index in [0.717, 1.165) is 0 Å². The molecule has 0 fully saturated rings. The molecule has 0 aromatic rings. The van der Waals surface area contributed by atoms with Crippen molar-refractivity contribution in [2.45, 2.75) is 12.5 Å². The van der Waals surface area contributed by atoms with Crippen LogP contribution in [0.1, 0.15) is 6.42 Å². The Morgan fingerprint density at radius 3 is 1.92 bits per heavy atom. The fourth-order valence-electron chi connectivity index (χ4n) is 0.612. The van der Waals surface area contributed by atoms with Gasteiger partial charge >= 0.3 is 0 Å². The number of carbonyl (C=O) groups excluding carboxylic acids is 3. The first-order valence-corrected chi connectivity index (χ1v) is 3.27. The van der Waals surface area contributed by atoms with Crippen LogP contribution < -0.4 is 20.6 Å². The van der Waals surface area contributed by atoms with Gasteiger partial charge in [0.1, 0.15) is 0 Å². The highest BCUT2D eigenvalue weighted by molar-refractivity contribution is 5.79.